The average molecular weight is 391 g/mol. The summed E-state index contributed by atoms with van der Waals surface area (Å²) in [4.78, 5) is 27.9. The van der Waals surface area contributed by atoms with E-state index in [4.69, 9.17) is 5.73 Å². The van der Waals surface area contributed by atoms with Crippen molar-refractivity contribution in [2.24, 2.45) is 5.73 Å². The van der Waals surface area contributed by atoms with Crippen LogP contribution in [-0.4, -0.2) is 39.8 Å². The van der Waals surface area contributed by atoms with E-state index in [-0.39, 0.29) is 23.1 Å². The van der Waals surface area contributed by atoms with Gasteiger partial charge in [0, 0.05) is 31.7 Å². The van der Waals surface area contributed by atoms with Gasteiger partial charge in [-0.15, -0.1) is 0 Å². The molecule has 10 heteroatoms. The fourth-order valence-electron chi connectivity index (χ4n) is 3.18. The highest BCUT2D eigenvalue weighted by molar-refractivity contribution is 5.98. The highest BCUT2D eigenvalue weighted by Crippen LogP contribution is 2.23. The number of nitro groups is 1. The molecule has 148 valence electrons. The number of anilines is 1. The minimum Gasteiger partial charge on any atom is -0.367 e. The molecule has 1 aromatic heterocycles. The molecule has 1 fully saturated rings. The molecule has 0 aliphatic carbocycles. The molecule has 0 atom stereocenters. The van der Waals surface area contributed by atoms with E-state index in [0.29, 0.717) is 25.2 Å². The first kappa shape index (κ1) is 19.6. The number of carbonyl (C=O) groups excluding carboxylic acids is 1. The number of hydrogen-bond acceptors (Lipinski definition) is 6. The Hall–Kier alpha value is -3.14. The number of nitrogens with two attached hydrogens (primary N) is 1. The zero-order valence-electron chi connectivity index (χ0n) is 14.9. The number of amides is 1. The number of nitrogens with one attached hydrogen (secondary N) is 1. The number of pyridine rings is 1. The number of likely N-dealkylation sites (tertiary alicyclic amines) is 1. The van der Waals surface area contributed by atoms with Gasteiger partial charge in [0.15, 0.2) is 11.6 Å². The molecule has 3 N–H and O–H groups in total. The number of nitrogens with zero attached hydrogens (tertiary/aromatic N) is 3. The van der Waals surface area contributed by atoms with E-state index in [1.807, 2.05) is 0 Å². The van der Waals surface area contributed by atoms with Crippen LogP contribution in [0.15, 0.2) is 30.5 Å². The van der Waals surface area contributed by atoms with Crippen LogP contribution < -0.4 is 11.1 Å². The molecule has 8 nitrogen and oxygen atoms in total. The van der Waals surface area contributed by atoms with Crippen LogP contribution >= 0.6 is 0 Å². The van der Waals surface area contributed by atoms with Gasteiger partial charge < -0.3 is 11.1 Å². The number of hydrogen-bond donors (Lipinski definition) is 2. The third kappa shape index (κ3) is 4.58. The van der Waals surface area contributed by atoms with Crippen molar-refractivity contribution in [1.29, 1.82) is 0 Å². The van der Waals surface area contributed by atoms with Gasteiger partial charge in [-0.25, -0.2) is 13.8 Å². The minimum absolute atomic E-state index is 0.00765. The summed E-state index contributed by atoms with van der Waals surface area (Å²) in [5.41, 5.74) is 5.67. The van der Waals surface area contributed by atoms with Crippen LogP contribution in [0.1, 0.15) is 28.8 Å². The molecule has 0 spiro atoms. The number of piperidine rings is 1. The Morgan fingerprint density at radius 1 is 1.29 bits per heavy atom. The van der Waals surface area contributed by atoms with Crippen molar-refractivity contribution in [3.8, 4) is 0 Å². The average Bonchev–Trinajstić information content (AvgIpc) is 2.66. The number of aromatic nitrogens is 1. The lowest BCUT2D eigenvalue weighted by molar-refractivity contribution is -0.385. The second-order valence-corrected chi connectivity index (χ2v) is 6.65. The molecule has 1 aromatic carbocycles. The number of carbonyl (C=O) groups is 1. The van der Waals surface area contributed by atoms with Gasteiger partial charge in [-0.05, 0) is 30.5 Å². The lowest BCUT2D eigenvalue weighted by Gasteiger charge is -2.32. The second kappa shape index (κ2) is 8.26. The van der Waals surface area contributed by atoms with Crippen LogP contribution in [0.2, 0.25) is 0 Å². The van der Waals surface area contributed by atoms with Crippen molar-refractivity contribution in [3.63, 3.8) is 0 Å². The van der Waals surface area contributed by atoms with E-state index < -0.39 is 22.5 Å². The van der Waals surface area contributed by atoms with Gasteiger partial charge in [-0.1, -0.05) is 6.07 Å². The first-order valence-electron chi connectivity index (χ1n) is 8.70. The van der Waals surface area contributed by atoms with E-state index in [2.05, 4.69) is 15.2 Å². The van der Waals surface area contributed by atoms with Gasteiger partial charge in [0.05, 0.1) is 10.5 Å². The number of benzene rings is 1. The molecule has 2 aromatic rings. The molecule has 1 amide bonds. The van der Waals surface area contributed by atoms with E-state index in [9.17, 15) is 23.7 Å². The van der Waals surface area contributed by atoms with Crippen molar-refractivity contribution in [3.05, 3.63) is 63.3 Å². The van der Waals surface area contributed by atoms with Gasteiger partial charge in [-0.2, -0.15) is 0 Å². The molecule has 0 radical (unpaired) electrons. The SMILES string of the molecule is NC(=O)c1cc([N+](=O)[O-])cnc1NC1CCN(Cc2ccc(F)c(F)c2)CC1. The number of rotatable bonds is 6. The first-order valence-corrected chi connectivity index (χ1v) is 8.70. The maximum absolute atomic E-state index is 13.3. The molecule has 28 heavy (non-hydrogen) atoms. The van der Waals surface area contributed by atoms with Crippen molar-refractivity contribution in [1.82, 2.24) is 9.88 Å². The molecule has 0 unspecified atom stereocenters. The van der Waals surface area contributed by atoms with Crippen LogP contribution in [0.5, 0.6) is 0 Å². The number of primary amides is 1. The van der Waals surface area contributed by atoms with Crippen molar-refractivity contribution >= 4 is 17.4 Å². The van der Waals surface area contributed by atoms with Crippen molar-refractivity contribution < 1.29 is 18.5 Å². The van der Waals surface area contributed by atoms with Crippen LogP contribution in [0, 0.1) is 21.7 Å². The molecule has 0 bridgehead atoms. The summed E-state index contributed by atoms with van der Waals surface area (Å²) < 4.78 is 26.3. The van der Waals surface area contributed by atoms with Gasteiger partial charge in [0.2, 0.25) is 0 Å². The summed E-state index contributed by atoms with van der Waals surface area (Å²) in [6.45, 7) is 1.91. The third-order valence-electron chi connectivity index (χ3n) is 4.67. The first-order chi connectivity index (χ1) is 13.3. The van der Waals surface area contributed by atoms with Gasteiger partial charge in [-0.3, -0.25) is 19.8 Å². The Kier molecular flexibility index (Phi) is 5.78. The molecule has 1 aliphatic heterocycles. The van der Waals surface area contributed by atoms with Crippen molar-refractivity contribution in [2.75, 3.05) is 18.4 Å². The van der Waals surface area contributed by atoms with Gasteiger partial charge >= 0.3 is 0 Å². The fraction of sp³-hybridized carbons (Fsp3) is 0.333. The standard InChI is InChI=1S/C18H19F2N5O3/c19-15-2-1-11(7-16(15)20)10-24-5-3-12(4-6-24)23-18-14(17(21)26)8-13(9-22-18)25(27)28/h1-2,7-9,12H,3-6,10H2,(H2,21,26)(H,22,23). The van der Waals surface area contributed by atoms with Gasteiger partial charge in [0.25, 0.3) is 11.6 Å². The fourth-order valence-corrected chi connectivity index (χ4v) is 3.18. The highest BCUT2D eigenvalue weighted by Gasteiger charge is 2.23. The minimum atomic E-state index is -0.868. The Balaban J connectivity index is 1.60. The Bertz CT molecular complexity index is 901. The maximum atomic E-state index is 13.3. The normalized spacial score (nSPS) is 15.4. The summed E-state index contributed by atoms with van der Waals surface area (Å²) in [6.07, 6.45) is 2.52. The predicted octanol–water partition coefficient (Wildman–Crippen LogP) is 2.44. The lowest BCUT2D eigenvalue weighted by Crippen LogP contribution is -2.39. The Morgan fingerprint density at radius 2 is 2.00 bits per heavy atom. The monoisotopic (exact) mass is 391 g/mol. The maximum Gasteiger partial charge on any atom is 0.288 e. The van der Waals surface area contributed by atoms with Gasteiger partial charge in [0.1, 0.15) is 12.0 Å². The molecule has 3 rings (SSSR count). The van der Waals surface area contributed by atoms with Crippen LogP contribution in [-0.2, 0) is 6.54 Å². The molecule has 1 aliphatic rings. The van der Waals surface area contributed by atoms with Crippen molar-refractivity contribution in [2.45, 2.75) is 25.4 Å². The summed E-state index contributed by atoms with van der Waals surface area (Å²) in [5.74, 6) is -2.31. The van der Waals surface area contributed by atoms with Crippen LogP contribution in [0.4, 0.5) is 20.3 Å². The summed E-state index contributed by atoms with van der Waals surface area (Å²) in [7, 11) is 0. The molecular weight excluding hydrogens is 372 g/mol. The number of halogens is 2. The van der Waals surface area contributed by atoms with E-state index in [1.165, 1.54) is 6.07 Å². The second-order valence-electron chi connectivity index (χ2n) is 6.65. The smallest absolute Gasteiger partial charge is 0.288 e. The van der Waals surface area contributed by atoms with Crippen LogP contribution in [0.25, 0.3) is 0 Å². The van der Waals surface area contributed by atoms with E-state index in [0.717, 1.165) is 31.2 Å². The molecule has 1 saturated heterocycles. The highest BCUT2D eigenvalue weighted by atomic mass is 19.2. The summed E-state index contributed by atoms with van der Waals surface area (Å²) >= 11 is 0. The lowest BCUT2D eigenvalue weighted by atomic mass is 10.0. The van der Waals surface area contributed by atoms with E-state index in [1.54, 1.807) is 6.07 Å². The predicted molar refractivity (Wildman–Crippen MR) is 97.7 cm³/mol. The molecular formula is C18H19F2N5O3. The summed E-state index contributed by atoms with van der Waals surface area (Å²) in [6, 6.07) is 4.98. The quantitative estimate of drug-likeness (QED) is 0.577. The topological polar surface area (TPSA) is 114 Å². The Morgan fingerprint density at radius 3 is 2.61 bits per heavy atom. The molecule has 0 saturated carbocycles. The van der Waals surface area contributed by atoms with Crippen LogP contribution in [0.3, 0.4) is 0 Å². The Labute approximate surface area is 159 Å². The summed E-state index contributed by atoms with van der Waals surface area (Å²) in [5, 5.41) is 14.0. The van der Waals surface area contributed by atoms with E-state index >= 15 is 0 Å². The molecule has 2 heterocycles. The largest absolute Gasteiger partial charge is 0.367 e. The third-order valence-corrected chi connectivity index (χ3v) is 4.67. The zero-order chi connectivity index (χ0) is 20.3. The zero-order valence-corrected chi connectivity index (χ0v) is 14.9.